The molecule has 1 amide bonds. The number of hydrogen-bond donors (Lipinski definition) is 2. The van der Waals surface area contributed by atoms with Crippen molar-refractivity contribution in [3.8, 4) is 0 Å². The van der Waals surface area contributed by atoms with E-state index >= 15 is 0 Å². The summed E-state index contributed by atoms with van der Waals surface area (Å²) in [7, 11) is 0. The van der Waals surface area contributed by atoms with E-state index in [2.05, 4.69) is 10.6 Å². The Hall–Kier alpha value is -2.36. The highest BCUT2D eigenvalue weighted by molar-refractivity contribution is 5.89. The lowest BCUT2D eigenvalue weighted by atomic mass is 10.1. The fourth-order valence-electron chi connectivity index (χ4n) is 1.98. The van der Waals surface area contributed by atoms with Crippen molar-refractivity contribution in [2.45, 2.75) is 19.9 Å². The average Bonchev–Trinajstić information content (AvgIpc) is 2.43. The minimum absolute atomic E-state index is 0.0897. The summed E-state index contributed by atoms with van der Waals surface area (Å²) in [6.07, 6.45) is 0. The van der Waals surface area contributed by atoms with Crippen LogP contribution in [0.3, 0.4) is 0 Å². The zero-order chi connectivity index (χ0) is 14.5. The van der Waals surface area contributed by atoms with Gasteiger partial charge < -0.3 is 10.6 Å². The third-order valence-electron chi connectivity index (χ3n) is 2.96. The minimum Gasteiger partial charge on any atom is -0.378 e. The molecule has 0 saturated heterocycles. The Morgan fingerprint density at radius 1 is 1.15 bits per heavy atom. The molecule has 2 aromatic rings. The van der Waals surface area contributed by atoms with Gasteiger partial charge in [0.1, 0.15) is 5.82 Å². The summed E-state index contributed by atoms with van der Waals surface area (Å²) >= 11 is 0. The molecule has 4 heteroatoms. The van der Waals surface area contributed by atoms with E-state index in [0.29, 0.717) is 0 Å². The molecule has 0 heterocycles. The average molecular weight is 272 g/mol. The summed E-state index contributed by atoms with van der Waals surface area (Å²) in [5.41, 5.74) is 2.08. The molecule has 2 N–H and O–H groups in total. The molecule has 0 aliphatic heterocycles. The van der Waals surface area contributed by atoms with Gasteiger partial charge in [-0.15, -0.1) is 0 Å². The first-order chi connectivity index (χ1) is 9.56. The zero-order valence-corrected chi connectivity index (χ0v) is 11.5. The summed E-state index contributed by atoms with van der Waals surface area (Å²) < 4.78 is 13.5. The molecule has 0 bridgehead atoms. The van der Waals surface area contributed by atoms with Gasteiger partial charge in [-0.1, -0.05) is 30.3 Å². The molecule has 104 valence electrons. The number of halogens is 1. The Morgan fingerprint density at radius 3 is 2.50 bits per heavy atom. The number of hydrogen-bond acceptors (Lipinski definition) is 2. The van der Waals surface area contributed by atoms with Gasteiger partial charge in [0.2, 0.25) is 5.91 Å². The van der Waals surface area contributed by atoms with E-state index in [1.807, 2.05) is 37.3 Å². The van der Waals surface area contributed by atoms with E-state index in [1.165, 1.54) is 13.0 Å². The summed E-state index contributed by atoms with van der Waals surface area (Å²) in [6.45, 7) is 3.38. The topological polar surface area (TPSA) is 41.1 Å². The summed E-state index contributed by atoms with van der Waals surface area (Å²) in [4.78, 5) is 11.0. The van der Waals surface area contributed by atoms with Crippen LogP contribution in [0.15, 0.2) is 48.5 Å². The lowest BCUT2D eigenvalue weighted by molar-refractivity contribution is -0.114. The van der Waals surface area contributed by atoms with E-state index in [0.717, 1.165) is 11.3 Å². The molecule has 2 rings (SSSR count). The van der Waals surface area contributed by atoms with Gasteiger partial charge in [0.25, 0.3) is 0 Å². The second kappa shape index (κ2) is 6.19. The summed E-state index contributed by atoms with van der Waals surface area (Å²) in [6, 6.07) is 14.6. The van der Waals surface area contributed by atoms with Crippen molar-refractivity contribution in [2.75, 3.05) is 10.6 Å². The smallest absolute Gasteiger partial charge is 0.221 e. The van der Waals surface area contributed by atoms with Gasteiger partial charge in [-0.3, -0.25) is 4.79 Å². The van der Waals surface area contributed by atoms with Crippen molar-refractivity contribution in [1.29, 1.82) is 0 Å². The number of carbonyl (C=O) groups is 1. The molecule has 0 aliphatic carbocycles. The molecule has 0 saturated carbocycles. The number of anilines is 2. The maximum atomic E-state index is 13.5. The van der Waals surface area contributed by atoms with Crippen LogP contribution < -0.4 is 10.6 Å². The molecule has 3 nitrogen and oxygen atoms in total. The van der Waals surface area contributed by atoms with Crippen molar-refractivity contribution in [2.24, 2.45) is 0 Å². The van der Waals surface area contributed by atoms with Crippen LogP contribution in [0.4, 0.5) is 15.8 Å². The van der Waals surface area contributed by atoms with Gasteiger partial charge in [0.15, 0.2) is 0 Å². The van der Waals surface area contributed by atoms with Gasteiger partial charge in [-0.25, -0.2) is 4.39 Å². The van der Waals surface area contributed by atoms with Crippen LogP contribution in [-0.2, 0) is 4.79 Å². The third-order valence-corrected chi connectivity index (χ3v) is 2.96. The van der Waals surface area contributed by atoms with Crippen LogP contribution >= 0.6 is 0 Å². The highest BCUT2D eigenvalue weighted by Gasteiger charge is 2.08. The highest BCUT2D eigenvalue weighted by Crippen LogP contribution is 2.23. The van der Waals surface area contributed by atoms with Crippen molar-refractivity contribution in [3.05, 3.63) is 59.9 Å². The summed E-state index contributed by atoms with van der Waals surface area (Å²) in [5, 5.41) is 5.75. The molecule has 20 heavy (non-hydrogen) atoms. The summed E-state index contributed by atoms with van der Waals surface area (Å²) in [5.74, 6) is -0.740. The van der Waals surface area contributed by atoms with Crippen LogP contribution in [0.1, 0.15) is 25.5 Å². The SMILES string of the molecule is CC(=O)Nc1cc(NC(C)c2ccccc2)ccc1F. The van der Waals surface area contributed by atoms with E-state index in [-0.39, 0.29) is 17.6 Å². The first-order valence-corrected chi connectivity index (χ1v) is 6.45. The molecule has 2 aromatic carbocycles. The Morgan fingerprint density at radius 2 is 1.85 bits per heavy atom. The van der Waals surface area contributed by atoms with E-state index in [9.17, 15) is 9.18 Å². The van der Waals surface area contributed by atoms with Crippen molar-refractivity contribution < 1.29 is 9.18 Å². The molecule has 0 fully saturated rings. The Bertz CT molecular complexity index is 599. The Balaban J connectivity index is 2.15. The largest absolute Gasteiger partial charge is 0.378 e. The first kappa shape index (κ1) is 14.1. The van der Waals surface area contributed by atoms with Crippen molar-refractivity contribution in [1.82, 2.24) is 0 Å². The molecule has 0 aliphatic rings. The third kappa shape index (κ3) is 3.57. The van der Waals surface area contributed by atoms with E-state index < -0.39 is 5.82 Å². The minimum atomic E-state index is -0.446. The van der Waals surface area contributed by atoms with Crippen molar-refractivity contribution in [3.63, 3.8) is 0 Å². The number of rotatable bonds is 4. The fourth-order valence-corrected chi connectivity index (χ4v) is 1.98. The van der Waals surface area contributed by atoms with E-state index in [1.54, 1.807) is 12.1 Å². The number of carbonyl (C=O) groups excluding carboxylic acids is 1. The molecule has 1 unspecified atom stereocenters. The van der Waals surface area contributed by atoms with Gasteiger partial charge in [-0.05, 0) is 30.7 Å². The molecular formula is C16H17FN2O. The van der Waals surface area contributed by atoms with Gasteiger partial charge in [0.05, 0.1) is 5.69 Å². The maximum absolute atomic E-state index is 13.5. The van der Waals surface area contributed by atoms with Crippen LogP contribution in [0.5, 0.6) is 0 Å². The van der Waals surface area contributed by atoms with Gasteiger partial charge >= 0.3 is 0 Å². The highest BCUT2D eigenvalue weighted by atomic mass is 19.1. The van der Waals surface area contributed by atoms with Crippen LogP contribution in [0.25, 0.3) is 0 Å². The second-order valence-electron chi connectivity index (χ2n) is 4.65. The van der Waals surface area contributed by atoms with Crippen LogP contribution in [-0.4, -0.2) is 5.91 Å². The normalized spacial score (nSPS) is 11.8. The Labute approximate surface area is 117 Å². The molecule has 0 aromatic heterocycles. The van der Waals surface area contributed by atoms with Crippen LogP contribution in [0, 0.1) is 5.82 Å². The number of amides is 1. The van der Waals surface area contributed by atoms with Gasteiger partial charge in [0, 0.05) is 18.7 Å². The van der Waals surface area contributed by atoms with E-state index in [4.69, 9.17) is 0 Å². The van der Waals surface area contributed by atoms with Gasteiger partial charge in [-0.2, -0.15) is 0 Å². The maximum Gasteiger partial charge on any atom is 0.221 e. The standard InChI is InChI=1S/C16H17FN2O/c1-11(13-6-4-3-5-7-13)18-14-8-9-15(17)16(10-14)19-12(2)20/h3-11,18H,1-2H3,(H,19,20). The lowest BCUT2D eigenvalue weighted by Crippen LogP contribution is -2.10. The predicted molar refractivity (Wildman–Crippen MR) is 79.2 cm³/mol. The zero-order valence-electron chi connectivity index (χ0n) is 11.5. The fraction of sp³-hybridized carbons (Fsp3) is 0.188. The monoisotopic (exact) mass is 272 g/mol. The van der Waals surface area contributed by atoms with Crippen LogP contribution in [0.2, 0.25) is 0 Å². The Kier molecular flexibility index (Phi) is 4.35. The molecule has 0 radical (unpaired) electrons. The molecular weight excluding hydrogens is 255 g/mol. The lowest BCUT2D eigenvalue weighted by Gasteiger charge is -2.16. The van der Waals surface area contributed by atoms with Crippen molar-refractivity contribution >= 4 is 17.3 Å². The number of nitrogens with one attached hydrogen (secondary N) is 2. The second-order valence-corrected chi connectivity index (χ2v) is 4.65. The molecule has 1 atom stereocenters. The predicted octanol–water partition coefficient (Wildman–Crippen LogP) is 3.96. The molecule has 0 spiro atoms. The quantitative estimate of drug-likeness (QED) is 0.884. The number of benzene rings is 2. The first-order valence-electron chi connectivity index (χ1n) is 6.45.